The highest BCUT2D eigenvalue weighted by atomic mass is 19.4. The molecule has 4 nitrogen and oxygen atoms in total. The number of rotatable bonds is 10. The number of halogens is 3. The molecule has 0 aliphatic carbocycles. The first-order valence-corrected chi connectivity index (χ1v) is 11.7. The van der Waals surface area contributed by atoms with E-state index in [0.29, 0.717) is 23.5 Å². The Morgan fingerprint density at radius 1 is 0.730 bits per heavy atom. The number of aliphatic carboxylic acids is 1. The molecule has 0 fully saturated rings. The second kappa shape index (κ2) is 11.8. The number of alkyl halides is 3. The van der Waals surface area contributed by atoms with Crippen molar-refractivity contribution < 1.29 is 27.8 Å². The van der Waals surface area contributed by atoms with Crippen LogP contribution in [0.15, 0.2) is 109 Å². The van der Waals surface area contributed by atoms with Gasteiger partial charge in [0.2, 0.25) is 0 Å². The van der Waals surface area contributed by atoms with E-state index in [1.165, 1.54) is 12.1 Å². The second-order valence-electron chi connectivity index (χ2n) is 8.67. The molecule has 0 aromatic heterocycles. The summed E-state index contributed by atoms with van der Waals surface area (Å²) in [6.45, 7) is 0.845. The van der Waals surface area contributed by atoms with Crippen molar-refractivity contribution in [3.05, 3.63) is 137 Å². The van der Waals surface area contributed by atoms with Gasteiger partial charge in [-0.15, -0.1) is 0 Å². The van der Waals surface area contributed by atoms with Gasteiger partial charge >= 0.3 is 12.1 Å². The minimum atomic E-state index is -4.43. The molecule has 0 spiro atoms. The van der Waals surface area contributed by atoms with Crippen LogP contribution in [0.25, 0.3) is 0 Å². The Bertz CT molecular complexity index is 1280. The number of benzene rings is 4. The van der Waals surface area contributed by atoms with Gasteiger partial charge in [-0.3, -0.25) is 9.69 Å². The lowest BCUT2D eigenvalue weighted by Gasteiger charge is -2.29. The Morgan fingerprint density at radius 2 is 1.24 bits per heavy atom. The summed E-state index contributed by atoms with van der Waals surface area (Å²) in [7, 11) is 0. The quantitative estimate of drug-likeness (QED) is 0.250. The van der Waals surface area contributed by atoms with E-state index in [1.807, 2.05) is 54.6 Å². The molecule has 7 heteroatoms. The van der Waals surface area contributed by atoms with Crippen LogP contribution in [-0.4, -0.2) is 16.0 Å². The predicted octanol–water partition coefficient (Wildman–Crippen LogP) is 7.11. The third-order valence-corrected chi connectivity index (χ3v) is 5.94. The van der Waals surface area contributed by atoms with Crippen LogP contribution >= 0.6 is 0 Å². The molecule has 37 heavy (non-hydrogen) atoms. The smallest absolute Gasteiger partial charge is 0.416 e. The zero-order valence-electron chi connectivity index (χ0n) is 19.9. The first kappa shape index (κ1) is 26.0. The highest BCUT2D eigenvalue weighted by Crippen LogP contribution is 2.31. The van der Waals surface area contributed by atoms with Crippen molar-refractivity contribution in [3.63, 3.8) is 0 Å². The molecule has 0 heterocycles. The Morgan fingerprint density at radius 3 is 1.76 bits per heavy atom. The van der Waals surface area contributed by atoms with Gasteiger partial charge in [-0.1, -0.05) is 84.9 Å². The van der Waals surface area contributed by atoms with E-state index >= 15 is 0 Å². The molecule has 4 aromatic rings. The molecule has 0 bridgehead atoms. The van der Waals surface area contributed by atoms with E-state index < -0.39 is 23.8 Å². The summed E-state index contributed by atoms with van der Waals surface area (Å²) in [5.74, 6) is -0.360. The van der Waals surface area contributed by atoms with Crippen LogP contribution in [0.3, 0.4) is 0 Å². The van der Waals surface area contributed by atoms with Crippen molar-refractivity contribution in [1.82, 2.24) is 4.90 Å². The highest BCUT2D eigenvalue weighted by molar-refractivity contribution is 5.75. The molecule has 1 atom stereocenters. The van der Waals surface area contributed by atoms with Gasteiger partial charge in [-0.05, 0) is 46.5 Å². The fourth-order valence-electron chi connectivity index (χ4n) is 4.08. The van der Waals surface area contributed by atoms with Crippen molar-refractivity contribution in [1.29, 1.82) is 0 Å². The first-order chi connectivity index (χ1) is 17.8. The molecule has 4 rings (SSSR count). The van der Waals surface area contributed by atoms with Crippen LogP contribution in [0.5, 0.6) is 5.75 Å². The molecular formula is C30H26F3NO3. The summed E-state index contributed by atoms with van der Waals surface area (Å²) < 4.78 is 44.9. The van der Waals surface area contributed by atoms with Gasteiger partial charge in [0.15, 0.2) is 0 Å². The maximum absolute atomic E-state index is 13.0. The van der Waals surface area contributed by atoms with E-state index in [9.17, 15) is 23.1 Å². The fourth-order valence-corrected chi connectivity index (χ4v) is 4.08. The standard InChI is InChI=1S/C30H26F3NO3/c31-30(32,33)26-15-11-22(12-16-26)19-34(28(29(35)36)25-9-5-2-6-10-25)20-23-13-17-27(18-14-23)37-21-24-7-3-1-4-8-24/h1-18,28H,19-21H2,(H,35,36)/t28-/m0/s1. The molecule has 0 unspecified atom stereocenters. The lowest BCUT2D eigenvalue weighted by molar-refractivity contribution is -0.144. The summed E-state index contributed by atoms with van der Waals surface area (Å²) in [6, 6.07) is 29.8. The van der Waals surface area contributed by atoms with Gasteiger partial charge in [-0.25, -0.2) is 0 Å². The van der Waals surface area contributed by atoms with E-state index in [4.69, 9.17) is 4.74 Å². The Hall–Kier alpha value is -4.10. The first-order valence-electron chi connectivity index (χ1n) is 11.7. The van der Waals surface area contributed by atoms with Gasteiger partial charge in [-0.2, -0.15) is 13.2 Å². The van der Waals surface area contributed by atoms with Crippen LogP contribution in [-0.2, 0) is 30.7 Å². The minimum absolute atomic E-state index is 0.149. The number of hydrogen-bond acceptors (Lipinski definition) is 3. The maximum atomic E-state index is 13.0. The van der Waals surface area contributed by atoms with E-state index in [2.05, 4.69) is 0 Å². The largest absolute Gasteiger partial charge is 0.489 e. The van der Waals surface area contributed by atoms with E-state index in [1.54, 1.807) is 35.2 Å². The van der Waals surface area contributed by atoms with Crippen molar-refractivity contribution in [2.45, 2.75) is 31.9 Å². The molecular weight excluding hydrogens is 479 g/mol. The third kappa shape index (κ3) is 7.21. The summed E-state index contributed by atoms with van der Waals surface area (Å²) in [5, 5.41) is 10.1. The van der Waals surface area contributed by atoms with Crippen molar-refractivity contribution in [3.8, 4) is 5.75 Å². The molecule has 0 radical (unpaired) electrons. The molecule has 0 saturated carbocycles. The van der Waals surface area contributed by atoms with Gasteiger partial charge < -0.3 is 9.84 Å². The zero-order chi connectivity index (χ0) is 26.3. The number of nitrogens with zero attached hydrogens (tertiary/aromatic N) is 1. The van der Waals surface area contributed by atoms with Gasteiger partial charge in [0.05, 0.1) is 5.56 Å². The fraction of sp³-hybridized carbons (Fsp3) is 0.167. The van der Waals surface area contributed by atoms with E-state index in [0.717, 1.165) is 23.3 Å². The lowest BCUT2D eigenvalue weighted by atomic mass is 10.0. The Balaban J connectivity index is 1.55. The summed E-state index contributed by atoms with van der Waals surface area (Å²) in [5.41, 5.74) is 2.32. The minimum Gasteiger partial charge on any atom is -0.489 e. The molecule has 190 valence electrons. The zero-order valence-corrected chi connectivity index (χ0v) is 19.9. The predicted molar refractivity (Wildman–Crippen MR) is 135 cm³/mol. The van der Waals surface area contributed by atoms with Crippen LogP contribution in [0.1, 0.15) is 33.9 Å². The lowest BCUT2D eigenvalue weighted by Crippen LogP contribution is -2.33. The van der Waals surface area contributed by atoms with Crippen LogP contribution < -0.4 is 4.74 Å². The topological polar surface area (TPSA) is 49.8 Å². The number of carboxylic acids is 1. The van der Waals surface area contributed by atoms with Crippen LogP contribution in [0, 0.1) is 0 Å². The maximum Gasteiger partial charge on any atom is 0.416 e. The van der Waals surface area contributed by atoms with E-state index in [-0.39, 0.29) is 13.1 Å². The van der Waals surface area contributed by atoms with Crippen molar-refractivity contribution in [2.24, 2.45) is 0 Å². The number of carbonyl (C=O) groups is 1. The Kier molecular flexibility index (Phi) is 8.25. The second-order valence-corrected chi connectivity index (χ2v) is 8.67. The monoisotopic (exact) mass is 505 g/mol. The van der Waals surface area contributed by atoms with Gasteiger partial charge in [0.1, 0.15) is 18.4 Å². The van der Waals surface area contributed by atoms with Crippen molar-refractivity contribution >= 4 is 5.97 Å². The highest BCUT2D eigenvalue weighted by Gasteiger charge is 2.31. The number of ether oxygens (including phenoxy) is 1. The molecule has 0 aliphatic heterocycles. The summed E-state index contributed by atoms with van der Waals surface area (Å²) in [4.78, 5) is 14.1. The molecule has 4 aromatic carbocycles. The van der Waals surface area contributed by atoms with Crippen LogP contribution in [0.4, 0.5) is 13.2 Å². The Labute approximate surface area is 213 Å². The molecule has 0 aliphatic rings. The molecule has 0 amide bonds. The average Bonchev–Trinajstić information content (AvgIpc) is 2.89. The average molecular weight is 506 g/mol. The number of carboxylic acid groups (broad SMARTS) is 1. The SMILES string of the molecule is O=C(O)[C@H](c1ccccc1)N(Cc1ccc(OCc2ccccc2)cc1)Cc1ccc(C(F)(F)F)cc1. The number of hydrogen-bond donors (Lipinski definition) is 1. The van der Waals surface area contributed by atoms with Crippen molar-refractivity contribution in [2.75, 3.05) is 0 Å². The summed E-state index contributed by atoms with van der Waals surface area (Å²) >= 11 is 0. The third-order valence-electron chi connectivity index (χ3n) is 5.94. The molecule has 1 N–H and O–H groups in total. The van der Waals surface area contributed by atoms with Gasteiger partial charge in [0, 0.05) is 13.1 Å². The normalized spacial score (nSPS) is 12.3. The van der Waals surface area contributed by atoms with Gasteiger partial charge in [0.25, 0.3) is 0 Å². The summed E-state index contributed by atoms with van der Waals surface area (Å²) in [6.07, 6.45) is -4.43. The molecule has 0 saturated heterocycles. The van der Waals surface area contributed by atoms with Crippen LogP contribution in [0.2, 0.25) is 0 Å².